The summed E-state index contributed by atoms with van der Waals surface area (Å²) in [5.74, 6) is -0.0661. The first-order chi connectivity index (χ1) is 13.0. The van der Waals surface area contributed by atoms with Crippen LogP contribution in [0.3, 0.4) is 0 Å². The lowest BCUT2D eigenvalue weighted by atomic mass is 10.1. The Morgan fingerprint density at radius 1 is 0.889 bits per heavy atom. The molecule has 0 spiro atoms. The topological polar surface area (TPSA) is 40.6 Å². The van der Waals surface area contributed by atoms with Gasteiger partial charge < -0.3 is 9.80 Å². The van der Waals surface area contributed by atoms with E-state index in [0.717, 1.165) is 18.4 Å². The number of amides is 2. The first-order valence-electron chi connectivity index (χ1n) is 9.60. The zero-order chi connectivity index (χ0) is 19.6. The van der Waals surface area contributed by atoms with Crippen LogP contribution in [0.15, 0.2) is 60.7 Å². The van der Waals surface area contributed by atoms with E-state index in [4.69, 9.17) is 0 Å². The molecular weight excluding hydrogens is 336 g/mol. The van der Waals surface area contributed by atoms with Crippen LogP contribution in [0.1, 0.15) is 38.3 Å². The number of benzene rings is 2. The van der Waals surface area contributed by atoms with Gasteiger partial charge in [0.2, 0.25) is 11.8 Å². The van der Waals surface area contributed by atoms with Crippen molar-refractivity contribution in [2.75, 3.05) is 13.1 Å². The molecule has 0 radical (unpaired) electrons. The van der Waals surface area contributed by atoms with Crippen LogP contribution in [-0.2, 0) is 22.6 Å². The maximum Gasteiger partial charge on any atom is 0.242 e. The predicted octanol–water partition coefficient (Wildman–Crippen LogP) is 3.90. The highest BCUT2D eigenvalue weighted by Crippen LogP contribution is 2.10. The van der Waals surface area contributed by atoms with Crippen molar-refractivity contribution in [3.63, 3.8) is 0 Å². The third-order valence-corrected chi connectivity index (χ3v) is 4.65. The van der Waals surface area contributed by atoms with Gasteiger partial charge >= 0.3 is 0 Å². The van der Waals surface area contributed by atoms with Crippen molar-refractivity contribution in [3.05, 3.63) is 71.8 Å². The van der Waals surface area contributed by atoms with Gasteiger partial charge in [-0.05, 0) is 37.8 Å². The molecule has 0 aliphatic rings. The van der Waals surface area contributed by atoms with Crippen LogP contribution in [0.4, 0.5) is 0 Å². The van der Waals surface area contributed by atoms with Crippen LogP contribution >= 0.6 is 0 Å². The highest BCUT2D eigenvalue weighted by molar-refractivity contribution is 5.84. The lowest BCUT2D eigenvalue weighted by Gasteiger charge is -2.30. The Kier molecular flexibility index (Phi) is 8.05. The van der Waals surface area contributed by atoms with Gasteiger partial charge in [-0.2, -0.15) is 0 Å². The molecule has 0 aliphatic carbocycles. The highest BCUT2D eigenvalue weighted by atomic mass is 16.2. The third kappa shape index (κ3) is 6.89. The largest absolute Gasteiger partial charge is 0.334 e. The molecule has 2 aromatic carbocycles. The average Bonchev–Trinajstić information content (AvgIpc) is 2.66. The van der Waals surface area contributed by atoms with Gasteiger partial charge in [-0.1, -0.05) is 60.7 Å². The SMILES string of the molecule is CC(=O)N(CCCc1ccccc1)CC(=O)N(Cc1ccccc1)C(C)C. The molecule has 4 nitrogen and oxygen atoms in total. The molecule has 144 valence electrons. The summed E-state index contributed by atoms with van der Waals surface area (Å²) in [6.45, 7) is 6.84. The first kappa shape index (κ1) is 20.7. The Bertz CT molecular complexity index is 714. The highest BCUT2D eigenvalue weighted by Gasteiger charge is 2.21. The van der Waals surface area contributed by atoms with Crippen molar-refractivity contribution in [3.8, 4) is 0 Å². The summed E-state index contributed by atoms with van der Waals surface area (Å²) in [6, 6.07) is 20.2. The summed E-state index contributed by atoms with van der Waals surface area (Å²) < 4.78 is 0. The van der Waals surface area contributed by atoms with E-state index < -0.39 is 0 Å². The standard InChI is InChI=1S/C23H30N2O2/c1-19(2)25(17-22-13-8-5-9-14-22)23(27)18-24(20(3)26)16-10-15-21-11-6-4-7-12-21/h4-9,11-14,19H,10,15-18H2,1-3H3. The number of hydrogen-bond donors (Lipinski definition) is 0. The van der Waals surface area contributed by atoms with E-state index in [1.54, 1.807) is 4.90 Å². The molecule has 0 aromatic heterocycles. The maximum absolute atomic E-state index is 12.9. The van der Waals surface area contributed by atoms with Crippen molar-refractivity contribution in [2.24, 2.45) is 0 Å². The smallest absolute Gasteiger partial charge is 0.242 e. The average molecular weight is 367 g/mol. The first-order valence-corrected chi connectivity index (χ1v) is 9.60. The molecule has 0 saturated heterocycles. The van der Waals surface area contributed by atoms with Crippen LogP contribution in [0.2, 0.25) is 0 Å². The van der Waals surface area contributed by atoms with Gasteiger partial charge in [0, 0.05) is 26.1 Å². The van der Waals surface area contributed by atoms with E-state index in [0.29, 0.717) is 13.1 Å². The van der Waals surface area contributed by atoms with Crippen molar-refractivity contribution >= 4 is 11.8 Å². The minimum absolute atomic E-state index is 0.0104. The molecule has 0 heterocycles. The second-order valence-corrected chi connectivity index (χ2v) is 7.13. The lowest BCUT2D eigenvalue weighted by molar-refractivity contribution is -0.141. The summed E-state index contributed by atoms with van der Waals surface area (Å²) in [6.07, 6.45) is 1.74. The van der Waals surface area contributed by atoms with E-state index in [1.165, 1.54) is 12.5 Å². The van der Waals surface area contributed by atoms with Crippen LogP contribution in [0.25, 0.3) is 0 Å². The fourth-order valence-electron chi connectivity index (χ4n) is 3.06. The Balaban J connectivity index is 1.94. The predicted molar refractivity (Wildman–Crippen MR) is 109 cm³/mol. The zero-order valence-corrected chi connectivity index (χ0v) is 16.6. The van der Waals surface area contributed by atoms with Crippen LogP contribution in [0, 0.1) is 0 Å². The maximum atomic E-state index is 12.9. The minimum Gasteiger partial charge on any atom is -0.334 e. The summed E-state index contributed by atoms with van der Waals surface area (Å²) in [7, 11) is 0. The Morgan fingerprint density at radius 3 is 1.96 bits per heavy atom. The Labute approximate surface area is 162 Å². The second kappa shape index (κ2) is 10.5. The van der Waals surface area contributed by atoms with Gasteiger partial charge in [0.15, 0.2) is 0 Å². The quantitative estimate of drug-likeness (QED) is 0.675. The minimum atomic E-state index is -0.0557. The number of carbonyl (C=O) groups is 2. The monoisotopic (exact) mass is 366 g/mol. The molecule has 0 unspecified atom stereocenters. The fourth-order valence-corrected chi connectivity index (χ4v) is 3.06. The summed E-state index contributed by atoms with van der Waals surface area (Å²) in [5, 5.41) is 0. The van der Waals surface area contributed by atoms with Crippen LogP contribution in [0.5, 0.6) is 0 Å². The second-order valence-electron chi connectivity index (χ2n) is 7.13. The van der Waals surface area contributed by atoms with Gasteiger partial charge in [-0.25, -0.2) is 0 Å². The van der Waals surface area contributed by atoms with Gasteiger partial charge in [0.05, 0.1) is 6.54 Å². The summed E-state index contributed by atoms with van der Waals surface area (Å²) in [5.41, 5.74) is 2.35. The molecule has 0 fully saturated rings. The van der Waals surface area contributed by atoms with Crippen molar-refractivity contribution in [1.29, 1.82) is 0 Å². The van der Waals surface area contributed by atoms with Crippen molar-refractivity contribution < 1.29 is 9.59 Å². The van der Waals surface area contributed by atoms with E-state index in [9.17, 15) is 9.59 Å². The lowest BCUT2D eigenvalue weighted by Crippen LogP contribution is -2.45. The molecule has 4 heteroatoms. The normalized spacial score (nSPS) is 10.7. The zero-order valence-electron chi connectivity index (χ0n) is 16.6. The third-order valence-electron chi connectivity index (χ3n) is 4.65. The van der Waals surface area contributed by atoms with E-state index >= 15 is 0 Å². The number of carbonyl (C=O) groups excluding carboxylic acids is 2. The summed E-state index contributed by atoms with van der Waals surface area (Å²) >= 11 is 0. The van der Waals surface area contributed by atoms with Crippen LogP contribution in [-0.4, -0.2) is 40.7 Å². The fraction of sp³-hybridized carbons (Fsp3) is 0.391. The van der Waals surface area contributed by atoms with Crippen molar-refractivity contribution in [1.82, 2.24) is 9.80 Å². The summed E-state index contributed by atoms with van der Waals surface area (Å²) in [4.78, 5) is 28.4. The molecule has 2 aromatic rings. The Morgan fingerprint density at radius 2 is 1.44 bits per heavy atom. The van der Waals surface area contributed by atoms with Crippen LogP contribution < -0.4 is 0 Å². The molecule has 27 heavy (non-hydrogen) atoms. The molecule has 0 bridgehead atoms. The number of nitrogens with zero attached hydrogens (tertiary/aromatic N) is 2. The van der Waals surface area contributed by atoms with Gasteiger partial charge in [-0.15, -0.1) is 0 Å². The molecule has 2 amide bonds. The van der Waals surface area contributed by atoms with E-state index in [-0.39, 0.29) is 24.4 Å². The van der Waals surface area contributed by atoms with E-state index in [2.05, 4.69) is 12.1 Å². The number of rotatable bonds is 9. The van der Waals surface area contributed by atoms with Crippen molar-refractivity contribution in [2.45, 2.75) is 46.2 Å². The molecule has 2 rings (SSSR count). The number of aryl methyl sites for hydroxylation is 1. The molecule has 0 atom stereocenters. The van der Waals surface area contributed by atoms with Gasteiger partial charge in [0.1, 0.15) is 0 Å². The number of hydrogen-bond acceptors (Lipinski definition) is 2. The molecule has 0 N–H and O–H groups in total. The Hall–Kier alpha value is -2.62. The molecule has 0 aliphatic heterocycles. The van der Waals surface area contributed by atoms with E-state index in [1.807, 2.05) is 67.3 Å². The van der Waals surface area contributed by atoms with Gasteiger partial charge in [0.25, 0.3) is 0 Å². The molecular formula is C23H30N2O2. The van der Waals surface area contributed by atoms with Gasteiger partial charge in [-0.3, -0.25) is 9.59 Å². The molecule has 0 saturated carbocycles.